The zero-order valence-electron chi connectivity index (χ0n) is 13.8. The van der Waals surface area contributed by atoms with Crippen LogP contribution in [0.3, 0.4) is 0 Å². The molecule has 1 aromatic carbocycles. The first-order valence-corrected chi connectivity index (χ1v) is 7.61. The number of amides is 1. The van der Waals surface area contributed by atoms with Gasteiger partial charge < -0.3 is 19.8 Å². The number of pyridine rings is 2. The number of ether oxygens (including phenoxy) is 2. The van der Waals surface area contributed by atoms with Gasteiger partial charge in [0.15, 0.2) is 12.4 Å². The van der Waals surface area contributed by atoms with Gasteiger partial charge in [0, 0.05) is 29.4 Å². The molecule has 128 valence electrons. The van der Waals surface area contributed by atoms with Crippen molar-refractivity contribution in [3.8, 4) is 11.5 Å². The number of aryl methyl sites for hydroxylation is 1. The Morgan fingerprint density at radius 3 is 2.88 bits per heavy atom. The van der Waals surface area contributed by atoms with E-state index in [-0.39, 0.29) is 23.7 Å². The molecule has 25 heavy (non-hydrogen) atoms. The van der Waals surface area contributed by atoms with E-state index in [1.165, 1.54) is 12.3 Å². The molecule has 3 rings (SSSR count). The number of H-pyrrole nitrogens is 1. The molecule has 2 aromatic heterocycles. The molecule has 0 aliphatic heterocycles. The Kier molecular flexibility index (Phi) is 4.65. The first-order chi connectivity index (χ1) is 12.0. The van der Waals surface area contributed by atoms with Gasteiger partial charge in [-0.15, -0.1) is 0 Å². The van der Waals surface area contributed by atoms with E-state index in [1.54, 1.807) is 26.3 Å². The maximum atomic E-state index is 12.0. The molecular formula is C18H17N3O4. The van der Waals surface area contributed by atoms with Crippen molar-refractivity contribution in [2.24, 2.45) is 0 Å². The maximum Gasteiger partial charge on any atom is 0.262 e. The Bertz CT molecular complexity index is 981. The third-order valence-corrected chi connectivity index (χ3v) is 3.56. The summed E-state index contributed by atoms with van der Waals surface area (Å²) in [6, 6.07) is 8.71. The molecule has 7 heteroatoms. The maximum absolute atomic E-state index is 12.0. The van der Waals surface area contributed by atoms with Crippen LogP contribution in [-0.4, -0.2) is 29.6 Å². The topological polar surface area (TPSA) is 93.3 Å². The van der Waals surface area contributed by atoms with Gasteiger partial charge in [-0.3, -0.25) is 14.6 Å². The molecule has 3 aromatic rings. The van der Waals surface area contributed by atoms with Gasteiger partial charge in [0.1, 0.15) is 5.75 Å². The fraction of sp³-hybridized carbons (Fsp3) is 0.167. The average Bonchev–Trinajstić information content (AvgIpc) is 2.60. The van der Waals surface area contributed by atoms with Gasteiger partial charge in [0.05, 0.1) is 24.5 Å². The Balaban J connectivity index is 1.66. The fourth-order valence-electron chi connectivity index (χ4n) is 2.31. The molecule has 0 saturated heterocycles. The monoisotopic (exact) mass is 339 g/mol. The van der Waals surface area contributed by atoms with Gasteiger partial charge in [0.2, 0.25) is 5.43 Å². The third-order valence-electron chi connectivity index (χ3n) is 3.56. The number of carbonyl (C=O) groups is 1. The standard InChI is InChI=1S/C18H17N3O4/c1-11-5-16(22)17(9-19-11)25-10-18(23)21-13-6-12-3-4-14(24-2)7-15(12)20-8-13/h3-9H,10H2,1-2H3,(H,19,22)(H,21,23). The molecule has 1 amide bonds. The lowest BCUT2D eigenvalue weighted by Gasteiger charge is -2.08. The van der Waals surface area contributed by atoms with Crippen molar-refractivity contribution in [3.63, 3.8) is 0 Å². The number of methoxy groups -OCH3 is 1. The van der Waals surface area contributed by atoms with E-state index in [9.17, 15) is 9.59 Å². The van der Waals surface area contributed by atoms with Crippen molar-refractivity contribution in [1.29, 1.82) is 0 Å². The van der Waals surface area contributed by atoms with Gasteiger partial charge in [0.25, 0.3) is 5.91 Å². The Morgan fingerprint density at radius 1 is 1.28 bits per heavy atom. The highest BCUT2D eigenvalue weighted by Gasteiger charge is 2.07. The van der Waals surface area contributed by atoms with Crippen LogP contribution in [0.2, 0.25) is 0 Å². The molecule has 0 radical (unpaired) electrons. The minimum Gasteiger partial charge on any atom is -0.497 e. The first-order valence-electron chi connectivity index (χ1n) is 7.61. The average molecular weight is 339 g/mol. The summed E-state index contributed by atoms with van der Waals surface area (Å²) in [4.78, 5) is 30.9. The molecular weight excluding hydrogens is 322 g/mol. The van der Waals surface area contributed by atoms with Gasteiger partial charge in [-0.05, 0) is 25.1 Å². The highest BCUT2D eigenvalue weighted by atomic mass is 16.5. The number of rotatable bonds is 5. The quantitative estimate of drug-likeness (QED) is 0.744. The number of hydrogen-bond acceptors (Lipinski definition) is 5. The SMILES string of the molecule is COc1ccc2cc(NC(=O)COc3c[nH]c(C)cc3=O)cnc2c1. The Hall–Kier alpha value is -3.35. The second-order valence-corrected chi connectivity index (χ2v) is 5.46. The van der Waals surface area contributed by atoms with Gasteiger partial charge in [-0.2, -0.15) is 0 Å². The van der Waals surface area contributed by atoms with E-state index < -0.39 is 0 Å². The van der Waals surface area contributed by atoms with Crippen LogP contribution >= 0.6 is 0 Å². The van der Waals surface area contributed by atoms with Crippen LogP contribution in [0, 0.1) is 6.92 Å². The van der Waals surface area contributed by atoms with E-state index in [0.29, 0.717) is 11.4 Å². The van der Waals surface area contributed by atoms with E-state index >= 15 is 0 Å². The van der Waals surface area contributed by atoms with E-state index in [0.717, 1.165) is 16.6 Å². The molecule has 0 atom stereocenters. The number of anilines is 1. The number of benzene rings is 1. The van der Waals surface area contributed by atoms with E-state index in [1.807, 2.05) is 18.2 Å². The lowest BCUT2D eigenvalue weighted by Crippen LogP contribution is -2.22. The van der Waals surface area contributed by atoms with Crippen LogP contribution in [0.25, 0.3) is 10.9 Å². The molecule has 7 nitrogen and oxygen atoms in total. The molecule has 2 heterocycles. The van der Waals surface area contributed by atoms with Crippen molar-refractivity contribution in [1.82, 2.24) is 9.97 Å². The van der Waals surface area contributed by atoms with Gasteiger partial charge in [-0.25, -0.2) is 0 Å². The highest BCUT2D eigenvalue weighted by Crippen LogP contribution is 2.21. The lowest BCUT2D eigenvalue weighted by molar-refractivity contribution is -0.118. The van der Waals surface area contributed by atoms with Gasteiger partial charge >= 0.3 is 0 Å². The van der Waals surface area contributed by atoms with E-state index in [2.05, 4.69) is 15.3 Å². The molecule has 0 unspecified atom stereocenters. The summed E-state index contributed by atoms with van der Waals surface area (Å²) in [7, 11) is 1.59. The molecule has 0 aliphatic carbocycles. The smallest absolute Gasteiger partial charge is 0.262 e. The number of aromatic nitrogens is 2. The number of aromatic amines is 1. The third kappa shape index (κ3) is 3.95. The summed E-state index contributed by atoms with van der Waals surface area (Å²) in [5.74, 6) is 0.438. The fourth-order valence-corrected chi connectivity index (χ4v) is 2.31. The van der Waals surface area contributed by atoms with Crippen LogP contribution in [0.15, 0.2) is 47.5 Å². The number of nitrogens with one attached hydrogen (secondary N) is 2. The number of fused-ring (bicyclic) bond motifs is 1. The molecule has 0 spiro atoms. The van der Waals surface area contributed by atoms with Crippen molar-refractivity contribution in [3.05, 3.63) is 58.6 Å². The van der Waals surface area contributed by atoms with Crippen molar-refractivity contribution in [2.45, 2.75) is 6.92 Å². The summed E-state index contributed by atoms with van der Waals surface area (Å²) in [5, 5.41) is 3.56. The summed E-state index contributed by atoms with van der Waals surface area (Å²) >= 11 is 0. The van der Waals surface area contributed by atoms with Crippen LogP contribution in [0.5, 0.6) is 11.5 Å². The zero-order valence-corrected chi connectivity index (χ0v) is 13.8. The van der Waals surface area contributed by atoms with Crippen LogP contribution in [0.1, 0.15) is 5.69 Å². The lowest BCUT2D eigenvalue weighted by atomic mass is 10.2. The predicted octanol–water partition coefficient (Wildman–Crippen LogP) is 2.26. The minimum atomic E-state index is -0.380. The molecule has 2 N–H and O–H groups in total. The highest BCUT2D eigenvalue weighted by molar-refractivity contribution is 5.94. The number of nitrogens with zero attached hydrogens (tertiary/aromatic N) is 1. The largest absolute Gasteiger partial charge is 0.497 e. The summed E-state index contributed by atoms with van der Waals surface area (Å²) in [5.41, 5.74) is 1.76. The normalized spacial score (nSPS) is 10.5. The molecule has 0 aliphatic rings. The summed E-state index contributed by atoms with van der Waals surface area (Å²) in [6.45, 7) is 1.49. The van der Waals surface area contributed by atoms with Gasteiger partial charge in [-0.1, -0.05) is 0 Å². The number of hydrogen-bond donors (Lipinski definition) is 2. The predicted molar refractivity (Wildman–Crippen MR) is 94.2 cm³/mol. The van der Waals surface area contributed by atoms with Crippen LogP contribution in [-0.2, 0) is 4.79 Å². The van der Waals surface area contributed by atoms with Crippen LogP contribution < -0.4 is 20.2 Å². The Morgan fingerprint density at radius 2 is 2.12 bits per heavy atom. The minimum absolute atomic E-state index is 0.101. The second-order valence-electron chi connectivity index (χ2n) is 5.46. The number of carbonyl (C=O) groups excluding carboxylic acids is 1. The van der Waals surface area contributed by atoms with Crippen LogP contribution in [0.4, 0.5) is 5.69 Å². The van der Waals surface area contributed by atoms with Crippen molar-refractivity contribution >= 4 is 22.5 Å². The molecule has 0 fully saturated rings. The second kappa shape index (κ2) is 7.04. The Labute approximate surface area is 143 Å². The molecule has 0 bridgehead atoms. The summed E-state index contributed by atoms with van der Waals surface area (Å²) < 4.78 is 10.4. The summed E-state index contributed by atoms with van der Waals surface area (Å²) in [6.07, 6.45) is 2.99. The van der Waals surface area contributed by atoms with E-state index in [4.69, 9.17) is 9.47 Å². The zero-order chi connectivity index (χ0) is 17.8. The first kappa shape index (κ1) is 16.5. The van der Waals surface area contributed by atoms with Crippen molar-refractivity contribution in [2.75, 3.05) is 19.0 Å². The molecule has 0 saturated carbocycles. The van der Waals surface area contributed by atoms with Crippen molar-refractivity contribution < 1.29 is 14.3 Å².